The molecule has 1 aromatic rings. The maximum Gasteiger partial charge on any atom is 0.243 e. The first-order valence-electron chi connectivity index (χ1n) is 8.04. The Hall–Kier alpha value is -1.42. The molecule has 1 amide bonds. The van der Waals surface area contributed by atoms with Crippen LogP contribution < -0.4 is 5.32 Å². The van der Waals surface area contributed by atoms with Gasteiger partial charge in [-0.25, -0.2) is 0 Å². The van der Waals surface area contributed by atoms with Crippen LogP contribution in [-0.4, -0.2) is 33.9 Å². The Kier molecular flexibility index (Phi) is 5.34. The number of carbonyl (C=O) groups is 1. The molecule has 2 heterocycles. The van der Waals surface area contributed by atoms with Crippen molar-refractivity contribution in [2.45, 2.75) is 64.6 Å². The summed E-state index contributed by atoms with van der Waals surface area (Å²) in [6, 6.07) is 4.15. The van der Waals surface area contributed by atoms with Crippen molar-refractivity contribution in [3.05, 3.63) is 30.1 Å². The zero-order valence-electron chi connectivity index (χ0n) is 13.4. The first-order chi connectivity index (χ1) is 10.1. The first kappa shape index (κ1) is 16.0. The predicted molar refractivity (Wildman–Crippen MR) is 84.8 cm³/mol. The molecule has 1 saturated heterocycles. The van der Waals surface area contributed by atoms with Crippen LogP contribution in [0.4, 0.5) is 0 Å². The van der Waals surface area contributed by atoms with Crippen LogP contribution in [0.2, 0.25) is 0 Å². The number of hydrogen-bond donors (Lipinski definition) is 1. The molecule has 1 aliphatic heterocycles. The smallest absolute Gasteiger partial charge is 0.243 e. The molecule has 0 bridgehead atoms. The highest BCUT2D eigenvalue weighted by atomic mass is 16.2. The van der Waals surface area contributed by atoms with Gasteiger partial charge in [-0.3, -0.25) is 9.78 Å². The van der Waals surface area contributed by atoms with Gasteiger partial charge in [0.05, 0.1) is 5.54 Å². The van der Waals surface area contributed by atoms with Crippen LogP contribution in [0.25, 0.3) is 0 Å². The Bertz CT molecular complexity index is 452. The summed E-state index contributed by atoms with van der Waals surface area (Å²) in [5.41, 5.74) is 0.741. The average Bonchev–Trinajstić information content (AvgIpc) is 2.95. The highest BCUT2D eigenvalue weighted by molar-refractivity contribution is 5.87. The van der Waals surface area contributed by atoms with Gasteiger partial charge in [0.2, 0.25) is 5.91 Å². The fraction of sp³-hybridized carbons (Fsp3) is 0.647. The largest absolute Gasteiger partial charge is 0.334 e. The maximum atomic E-state index is 13.1. The van der Waals surface area contributed by atoms with Gasteiger partial charge in [-0.2, -0.15) is 0 Å². The van der Waals surface area contributed by atoms with E-state index in [0.29, 0.717) is 6.54 Å². The normalized spacial score (nSPS) is 21.7. The topological polar surface area (TPSA) is 45.2 Å². The standard InChI is InChI=1S/C17H27N3O/c1-4-8-17(9-6-11-19-17)16(21)20(14(2)3)13-15-7-5-10-18-12-15/h5,7,10,12,14,19H,4,6,8-9,11,13H2,1-3H3. The number of pyridine rings is 1. The van der Waals surface area contributed by atoms with Crippen molar-refractivity contribution in [1.82, 2.24) is 15.2 Å². The second-order valence-electron chi connectivity index (χ2n) is 6.25. The minimum absolute atomic E-state index is 0.189. The van der Waals surface area contributed by atoms with Crippen molar-refractivity contribution in [2.24, 2.45) is 0 Å². The van der Waals surface area contributed by atoms with Crippen molar-refractivity contribution in [2.75, 3.05) is 6.54 Å². The Morgan fingerprint density at radius 1 is 1.52 bits per heavy atom. The molecule has 21 heavy (non-hydrogen) atoms. The summed E-state index contributed by atoms with van der Waals surface area (Å²) in [6.45, 7) is 7.91. The molecule has 1 unspecified atom stereocenters. The third-order valence-electron chi connectivity index (χ3n) is 4.29. The van der Waals surface area contributed by atoms with Gasteiger partial charge < -0.3 is 10.2 Å². The quantitative estimate of drug-likeness (QED) is 0.876. The number of carbonyl (C=O) groups excluding carboxylic acids is 1. The molecule has 116 valence electrons. The molecule has 0 aromatic carbocycles. The van der Waals surface area contributed by atoms with E-state index in [1.807, 2.05) is 23.2 Å². The highest BCUT2D eigenvalue weighted by Crippen LogP contribution is 2.28. The Labute approximate surface area is 127 Å². The van der Waals surface area contributed by atoms with Gasteiger partial charge in [0.1, 0.15) is 0 Å². The highest BCUT2D eigenvalue weighted by Gasteiger charge is 2.43. The van der Waals surface area contributed by atoms with Gasteiger partial charge in [-0.05, 0) is 51.3 Å². The van der Waals surface area contributed by atoms with E-state index in [2.05, 4.69) is 31.1 Å². The lowest BCUT2D eigenvalue weighted by atomic mass is 9.89. The number of rotatable bonds is 6. The minimum Gasteiger partial charge on any atom is -0.334 e. The Morgan fingerprint density at radius 2 is 2.33 bits per heavy atom. The van der Waals surface area contributed by atoms with Crippen LogP contribution in [0, 0.1) is 0 Å². The van der Waals surface area contributed by atoms with E-state index >= 15 is 0 Å². The predicted octanol–water partition coefficient (Wildman–Crippen LogP) is 2.74. The summed E-state index contributed by atoms with van der Waals surface area (Å²) >= 11 is 0. The van der Waals surface area contributed by atoms with Crippen LogP contribution in [0.15, 0.2) is 24.5 Å². The molecule has 1 fully saturated rings. The van der Waals surface area contributed by atoms with Crippen molar-refractivity contribution in [1.29, 1.82) is 0 Å². The Balaban J connectivity index is 2.18. The van der Waals surface area contributed by atoms with Crippen molar-refractivity contribution >= 4 is 5.91 Å². The first-order valence-corrected chi connectivity index (χ1v) is 8.04. The molecular formula is C17H27N3O. The lowest BCUT2D eigenvalue weighted by Gasteiger charge is -2.37. The van der Waals surface area contributed by atoms with Crippen molar-refractivity contribution in [3.8, 4) is 0 Å². The lowest BCUT2D eigenvalue weighted by Crippen LogP contribution is -2.56. The van der Waals surface area contributed by atoms with E-state index in [0.717, 1.165) is 37.8 Å². The molecule has 1 aromatic heterocycles. The van der Waals surface area contributed by atoms with E-state index in [9.17, 15) is 4.79 Å². The molecule has 1 aliphatic rings. The van der Waals surface area contributed by atoms with Crippen LogP contribution in [0.3, 0.4) is 0 Å². The number of hydrogen-bond acceptors (Lipinski definition) is 3. The summed E-state index contributed by atoms with van der Waals surface area (Å²) < 4.78 is 0. The molecule has 4 nitrogen and oxygen atoms in total. The second-order valence-corrected chi connectivity index (χ2v) is 6.25. The molecule has 0 spiro atoms. The zero-order chi connectivity index (χ0) is 15.3. The third-order valence-corrected chi connectivity index (χ3v) is 4.29. The fourth-order valence-electron chi connectivity index (χ4n) is 3.19. The van der Waals surface area contributed by atoms with Crippen LogP contribution in [-0.2, 0) is 11.3 Å². The monoisotopic (exact) mass is 289 g/mol. The average molecular weight is 289 g/mol. The van der Waals surface area contributed by atoms with Gasteiger partial charge in [0.15, 0.2) is 0 Å². The van der Waals surface area contributed by atoms with Crippen LogP contribution >= 0.6 is 0 Å². The van der Waals surface area contributed by atoms with Gasteiger partial charge in [0.25, 0.3) is 0 Å². The van der Waals surface area contributed by atoms with E-state index in [-0.39, 0.29) is 17.5 Å². The number of aromatic nitrogens is 1. The van der Waals surface area contributed by atoms with Gasteiger partial charge in [-0.15, -0.1) is 0 Å². The van der Waals surface area contributed by atoms with Crippen LogP contribution in [0.1, 0.15) is 52.0 Å². The van der Waals surface area contributed by atoms with E-state index in [1.165, 1.54) is 0 Å². The summed E-state index contributed by atoms with van der Waals surface area (Å²) in [4.78, 5) is 19.3. The van der Waals surface area contributed by atoms with E-state index < -0.39 is 0 Å². The SMILES string of the molecule is CCCC1(C(=O)N(Cc2cccnc2)C(C)C)CCCN1. The molecule has 0 saturated carbocycles. The zero-order valence-corrected chi connectivity index (χ0v) is 13.4. The minimum atomic E-state index is -0.346. The maximum absolute atomic E-state index is 13.1. The van der Waals surface area contributed by atoms with Gasteiger partial charge in [-0.1, -0.05) is 19.4 Å². The number of nitrogens with one attached hydrogen (secondary N) is 1. The number of nitrogens with zero attached hydrogens (tertiary/aromatic N) is 2. The van der Waals surface area contributed by atoms with Crippen molar-refractivity contribution < 1.29 is 4.79 Å². The van der Waals surface area contributed by atoms with Crippen molar-refractivity contribution in [3.63, 3.8) is 0 Å². The van der Waals surface area contributed by atoms with E-state index in [4.69, 9.17) is 0 Å². The lowest BCUT2D eigenvalue weighted by molar-refractivity contribution is -0.140. The summed E-state index contributed by atoms with van der Waals surface area (Å²) in [5.74, 6) is 0.251. The summed E-state index contributed by atoms with van der Waals surface area (Å²) in [7, 11) is 0. The second kappa shape index (κ2) is 7.03. The molecule has 1 atom stereocenters. The third kappa shape index (κ3) is 3.62. The Morgan fingerprint density at radius 3 is 2.86 bits per heavy atom. The molecule has 2 rings (SSSR count). The van der Waals surface area contributed by atoms with Crippen LogP contribution in [0.5, 0.6) is 0 Å². The van der Waals surface area contributed by atoms with Gasteiger partial charge in [0, 0.05) is 25.0 Å². The molecule has 1 N–H and O–H groups in total. The summed E-state index contributed by atoms with van der Waals surface area (Å²) in [5, 5.41) is 3.49. The molecule has 0 aliphatic carbocycles. The van der Waals surface area contributed by atoms with Gasteiger partial charge >= 0.3 is 0 Å². The summed E-state index contributed by atoms with van der Waals surface area (Å²) in [6.07, 6.45) is 7.60. The molecular weight excluding hydrogens is 262 g/mol. The van der Waals surface area contributed by atoms with E-state index in [1.54, 1.807) is 6.20 Å². The fourth-order valence-corrected chi connectivity index (χ4v) is 3.19. The molecule has 4 heteroatoms. The number of amides is 1. The molecule has 0 radical (unpaired) electrons.